The average molecular weight is 267 g/mol. The number of likely N-dealkylation sites (N-methyl/N-ethyl adjacent to an activating group) is 1. The third-order valence-electron chi connectivity index (χ3n) is 3.91. The smallest absolute Gasteiger partial charge is 0.109 e. The molecule has 2 aromatic carbocycles. The highest BCUT2D eigenvalue weighted by atomic mass is 16.5. The largest absolute Gasteiger partial charge is 0.497 e. The number of allylic oxidation sites excluding steroid dienone is 1. The van der Waals surface area contributed by atoms with Gasteiger partial charge in [0.25, 0.3) is 0 Å². The molecule has 0 saturated heterocycles. The quantitative estimate of drug-likeness (QED) is 0.912. The van der Waals surface area contributed by atoms with E-state index in [4.69, 9.17) is 4.74 Å². The average Bonchev–Trinajstić information content (AvgIpc) is 2.53. The van der Waals surface area contributed by atoms with E-state index in [9.17, 15) is 0 Å². The highest BCUT2D eigenvalue weighted by Crippen LogP contribution is 2.20. The Labute approximate surface area is 120 Å². The second kappa shape index (κ2) is 6.10. The summed E-state index contributed by atoms with van der Waals surface area (Å²) >= 11 is 0. The maximum absolute atomic E-state index is 5.79. The zero-order valence-electron chi connectivity index (χ0n) is 11.9. The van der Waals surface area contributed by atoms with Crippen LogP contribution in [0.4, 0.5) is 0 Å². The van der Waals surface area contributed by atoms with Gasteiger partial charge in [0.1, 0.15) is 5.76 Å². The Morgan fingerprint density at radius 3 is 2.75 bits per heavy atom. The first-order chi connectivity index (χ1) is 9.86. The minimum absolute atomic E-state index is 0.275. The second-order valence-electron chi connectivity index (χ2n) is 5.32. The maximum Gasteiger partial charge on any atom is 0.109 e. The zero-order valence-corrected chi connectivity index (χ0v) is 11.9. The SMILES string of the molecule is CNC(Cc1ccc2ccccc2c1)C1=CCCCO1. The molecule has 1 atom stereocenters. The van der Waals surface area contributed by atoms with E-state index in [0.717, 1.165) is 31.6 Å². The van der Waals surface area contributed by atoms with E-state index >= 15 is 0 Å². The Hall–Kier alpha value is -1.80. The van der Waals surface area contributed by atoms with Crippen molar-refractivity contribution in [2.75, 3.05) is 13.7 Å². The molecule has 1 aliphatic rings. The molecule has 0 amide bonds. The van der Waals surface area contributed by atoms with Gasteiger partial charge in [0, 0.05) is 0 Å². The van der Waals surface area contributed by atoms with Crippen LogP contribution >= 0.6 is 0 Å². The van der Waals surface area contributed by atoms with Gasteiger partial charge in [0.2, 0.25) is 0 Å². The summed E-state index contributed by atoms with van der Waals surface area (Å²) in [6.07, 6.45) is 5.46. The second-order valence-corrected chi connectivity index (χ2v) is 5.32. The van der Waals surface area contributed by atoms with Crippen LogP contribution in [0.5, 0.6) is 0 Å². The predicted molar refractivity (Wildman–Crippen MR) is 83.8 cm³/mol. The van der Waals surface area contributed by atoms with E-state index in [1.807, 2.05) is 7.05 Å². The summed E-state index contributed by atoms with van der Waals surface area (Å²) in [6.45, 7) is 0.849. The van der Waals surface area contributed by atoms with Gasteiger partial charge in [-0.25, -0.2) is 0 Å². The first-order valence-corrected chi connectivity index (χ1v) is 7.34. The molecule has 2 aromatic rings. The topological polar surface area (TPSA) is 21.3 Å². The van der Waals surface area contributed by atoms with Gasteiger partial charge in [0.05, 0.1) is 12.6 Å². The van der Waals surface area contributed by atoms with Gasteiger partial charge in [0.15, 0.2) is 0 Å². The molecule has 20 heavy (non-hydrogen) atoms. The van der Waals surface area contributed by atoms with Crippen LogP contribution in [0.15, 0.2) is 54.3 Å². The monoisotopic (exact) mass is 267 g/mol. The molecule has 0 saturated carbocycles. The molecule has 0 spiro atoms. The first-order valence-electron chi connectivity index (χ1n) is 7.34. The molecule has 2 heteroatoms. The van der Waals surface area contributed by atoms with Crippen molar-refractivity contribution in [1.82, 2.24) is 5.32 Å². The van der Waals surface area contributed by atoms with Crippen LogP contribution in [0.2, 0.25) is 0 Å². The fourth-order valence-corrected chi connectivity index (χ4v) is 2.77. The van der Waals surface area contributed by atoms with Crippen LogP contribution in [0.1, 0.15) is 18.4 Å². The van der Waals surface area contributed by atoms with E-state index in [0.29, 0.717) is 0 Å². The number of ether oxygens (including phenoxy) is 1. The predicted octanol–water partition coefficient (Wildman–Crippen LogP) is 3.66. The van der Waals surface area contributed by atoms with E-state index in [1.165, 1.54) is 16.3 Å². The minimum Gasteiger partial charge on any atom is -0.497 e. The van der Waals surface area contributed by atoms with Crippen LogP contribution in [0.3, 0.4) is 0 Å². The summed E-state index contributed by atoms with van der Waals surface area (Å²) in [5, 5.41) is 5.98. The van der Waals surface area contributed by atoms with Gasteiger partial charge >= 0.3 is 0 Å². The first kappa shape index (κ1) is 13.2. The van der Waals surface area contributed by atoms with Gasteiger partial charge in [-0.2, -0.15) is 0 Å². The lowest BCUT2D eigenvalue weighted by Crippen LogP contribution is -2.32. The van der Waals surface area contributed by atoms with E-state index in [2.05, 4.69) is 53.9 Å². The van der Waals surface area contributed by atoms with Crippen LogP contribution < -0.4 is 5.32 Å². The van der Waals surface area contributed by atoms with Gasteiger partial charge < -0.3 is 10.1 Å². The summed E-state index contributed by atoms with van der Waals surface area (Å²) < 4.78 is 5.79. The molecular formula is C18H21NO. The summed E-state index contributed by atoms with van der Waals surface area (Å²) in [7, 11) is 2.00. The standard InChI is InChI=1S/C18H21NO/c1-19-17(18-8-4-5-11-20-18)13-14-9-10-15-6-2-3-7-16(15)12-14/h2-3,6-10,12,17,19H,4-5,11,13H2,1H3. The molecule has 0 aliphatic carbocycles. The summed E-state index contributed by atoms with van der Waals surface area (Å²) in [6, 6.07) is 15.5. The highest BCUT2D eigenvalue weighted by molar-refractivity contribution is 5.83. The Morgan fingerprint density at radius 1 is 1.15 bits per heavy atom. The number of hydrogen-bond acceptors (Lipinski definition) is 2. The molecule has 3 rings (SSSR count). The zero-order chi connectivity index (χ0) is 13.8. The molecule has 0 bridgehead atoms. The number of rotatable bonds is 4. The van der Waals surface area contributed by atoms with Crippen molar-refractivity contribution in [3.05, 3.63) is 59.9 Å². The lowest BCUT2D eigenvalue weighted by atomic mass is 9.99. The Morgan fingerprint density at radius 2 is 2.00 bits per heavy atom. The van der Waals surface area contributed by atoms with Crippen LogP contribution in [0.25, 0.3) is 10.8 Å². The van der Waals surface area contributed by atoms with E-state index in [-0.39, 0.29) is 6.04 Å². The lowest BCUT2D eigenvalue weighted by Gasteiger charge is -2.23. The normalized spacial score (nSPS) is 16.6. The van der Waals surface area contributed by atoms with Gasteiger partial charge in [-0.05, 0) is 48.7 Å². The molecule has 1 aliphatic heterocycles. The van der Waals surface area contributed by atoms with Gasteiger partial charge in [-0.3, -0.25) is 0 Å². The third-order valence-corrected chi connectivity index (χ3v) is 3.91. The van der Waals surface area contributed by atoms with Crippen LogP contribution in [-0.2, 0) is 11.2 Å². The molecule has 1 N–H and O–H groups in total. The molecule has 2 nitrogen and oxygen atoms in total. The Balaban J connectivity index is 1.81. The number of nitrogens with one attached hydrogen (secondary N) is 1. The van der Waals surface area contributed by atoms with Crippen molar-refractivity contribution < 1.29 is 4.74 Å². The number of benzene rings is 2. The van der Waals surface area contributed by atoms with Crippen molar-refractivity contribution >= 4 is 10.8 Å². The molecule has 104 valence electrons. The highest BCUT2D eigenvalue weighted by Gasteiger charge is 2.16. The van der Waals surface area contributed by atoms with E-state index < -0.39 is 0 Å². The van der Waals surface area contributed by atoms with Gasteiger partial charge in [-0.1, -0.05) is 42.5 Å². The van der Waals surface area contributed by atoms with E-state index in [1.54, 1.807) is 0 Å². The molecule has 0 aromatic heterocycles. The van der Waals surface area contributed by atoms with Gasteiger partial charge in [-0.15, -0.1) is 0 Å². The summed E-state index contributed by atoms with van der Waals surface area (Å²) in [5.74, 6) is 1.10. The summed E-state index contributed by atoms with van der Waals surface area (Å²) in [4.78, 5) is 0. The fourth-order valence-electron chi connectivity index (χ4n) is 2.77. The van der Waals surface area contributed by atoms with Crippen molar-refractivity contribution in [3.63, 3.8) is 0 Å². The fraction of sp³-hybridized carbons (Fsp3) is 0.333. The third kappa shape index (κ3) is 2.86. The van der Waals surface area contributed by atoms with Crippen molar-refractivity contribution in [2.24, 2.45) is 0 Å². The lowest BCUT2D eigenvalue weighted by molar-refractivity contribution is 0.169. The molecule has 1 unspecified atom stereocenters. The van der Waals surface area contributed by atoms with Crippen LogP contribution in [0, 0.1) is 0 Å². The Kier molecular flexibility index (Phi) is 4.03. The number of fused-ring (bicyclic) bond motifs is 1. The molecule has 0 fully saturated rings. The number of hydrogen-bond donors (Lipinski definition) is 1. The van der Waals surface area contributed by atoms with Crippen molar-refractivity contribution in [1.29, 1.82) is 0 Å². The molecular weight excluding hydrogens is 246 g/mol. The van der Waals surface area contributed by atoms with Crippen molar-refractivity contribution in [2.45, 2.75) is 25.3 Å². The minimum atomic E-state index is 0.275. The molecule has 0 radical (unpaired) electrons. The molecule has 1 heterocycles. The maximum atomic E-state index is 5.79. The van der Waals surface area contributed by atoms with Crippen molar-refractivity contribution in [3.8, 4) is 0 Å². The van der Waals surface area contributed by atoms with Crippen LogP contribution in [-0.4, -0.2) is 19.7 Å². The Bertz CT molecular complexity index is 618. The summed E-state index contributed by atoms with van der Waals surface area (Å²) in [5.41, 5.74) is 1.35.